The Morgan fingerprint density at radius 3 is 2.52 bits per heavy atom. The van der Waals surface area contributed by atoms with Crippen LogP contribution in [0.3, 0.4) is 0 Å². The molecule has 1 N–H and O–H groups in total. The molecule has 0 saturated carbocycles. The zero-order valence-electron chi connectivity index (χ0n) is 19.1. The Bertz CT molecular complexity index is 1240. The highest BCUT2D eigenvalue weighted by Crippen LogP contribution is 2.27. The number of aromatic nitrogens is 1. The third kappa shape index (κ3) is 6.09. The number of carbonyl (C=O) groups excluding carboxylic acids is 1. The van der Waals surface area contributed by atoms with Crippen molar-refractivity contribution in [2.75, 3.05) is 5.32 Å². The van der Waals surface area contributed by atoms with Crippen LogP contribution in [0.1, 0.15) is 12.0 Å². The number of hydrogen-bond acceptors (Lipinski definition) is 2. The number of para-hydroxylation sites is 1. The van der Waals surface area contributed by atoms with E-state index in [-0.39, 0.29) is 11.8 Å². The Morgan fingerprint density at radius 2 is 1.73 bits per heavy atom. The minimum atomic E-state index is -1.74. The molecule has 5 heteroatoms. The van der Waals surface area contributed by atoms with Crippen LogP contribution in [0.4, 0.5) is 5.69 Å². The molecular formula is C28H29ClN2OSi. The lowest BCUT2D eigenvalue weighted by molar-refractivity contribution is -0.116. The first-order valence-electron chi connectivity index (χ1n) is 11.3. The number of hydrogen-bond donors (Lipinski definition) is 1. The van der Waals surface area contributed by atoms with E-state index in [1.165, 1.54) is 10.8 Å². The smallest absolute Gasteiger partial charge is 0.224 e. The molecule has 3 aromatic carbocycles. The summed E-state index contributed by atoms with van der Waals surface area (Å²) in [6, 6.07) is 29.5. The molecular weight excluding hydrogens is 444 g/mol. The van der Waals surface area contributed by atoms with Crippen molar-refractivity contribution in [3.05, 3.63) is 102 Å². The van der Waals surface area contributed by atoms with Crippen molar-refractivity contribution in [1.82, 2.24) is 4.98 Å². The van der Waals surface area contributed by atoms with E-state index in [2.05, 4.69) is 59.8 Å². The molecule has 0 aliphatic rings. The molecule has 0 aliphatic heterocycles. The van der Waals surface area contributed by atoms with Gasteiger partial charge in [0.2, 0.25) is 5.91 Å². The zero-order valence-corrected chi connectivity index (χ0v) is 20.8. The normalized spacial score (nSPS) is 12.5. The fourth-order valence-electron chi connectivity index (χ4n) is 4.61. The molecule has 1 aromatic heterocycles. The zero-order chi connectivity index (χ0) is 23.3. The molecule has 1 heterocycles. The molecule has 0 fully saturated rings. The van der Waals surface area contributed by atoms with Crippen molar-refractivity contribution in [2.45, 2.75) is 32.0 Å². The predicted molar refractivity (Wildman–Crippen MR) is 142 cm³/mol. The van der Waals surface area contributed by atoms with Crippen LogP contribution >= 0.6 is 11.6 Å². The van der Waals surface area contributed by atoms with E-state index in [0.29, 0.717) is 6.42 Å². The molecule has 0 radical (unpaired) electrons. The third-order valence-electron chi connectivity index (χ3n) is 6.15. The van der Waals surface area contributed by atoms with Crippen LogP contribution in [-0.2, 0) is 11.2 Å². The molecule has 0 spiro atoms. The quantitative estimate of drug-likeness (QED) is 0.290. The Morgan fingerprint density at radius 1 is 0.970 bits per heavy atom. The molecule has 0 saturated heterocycles. The fourth-order valence-corrected chi connectivity index (χ4v) is 7.89. The number of fused-ring (bicyclic) bond motifs is 1. The highest BCUT2D eigenvalue weighted by molar-refractivity contribution is 6.89. The highest BCUT2D eigenvalue weighted by atomic mass is 35.5. The van der Waals surface area contributed by atoms with Crippen molar-refractivity contribution in [1.29, 1.82) is 0 Å². The van der Waals surface area contributed by atoms with Crippen LogP contribution in [-0.4, -0.2) is 19.0 Å². The molecule has 0 bridgehead atoms. The minimum absolute atomic E-state index is 0.0260. The van der Waals surface area contributed by atoms with Gasteiger partial charge in [-0.2, -0.15) is 0 Å². The van der Waals surface area contributed by atoms with Crippen molar-refractivity contribution in [3.8, 4) is 0 Å². The third-order valence-corrected chi connectivity index (χ3v) is 9.88. The van der Waals surface area contributed by atoms with E-state index in [4.69, 9.17) is 11.6 Å². The van der Waals surface area contributed by atoms with Gasteiger partial charge in [-0.25, -0.2) is 0 Å². The maximum atomic E-state index is 13.2. The Labute approximate surface area is 201 Å². The predicted octanol–water partition coefficient (Wildman–Crippen LogP) is 6.69. The second-order valence-corrected chi connectivity index (χ2v) is 14.5. The first-order valence-corrected chi connectivity index (χ1v) is 14.9. The summed E-state index contributed by atoms with van der Waals surface area (Å²) in [7, 11) is -1.74. The van der Waals surface area contributed by atoms with Crippen LogP contribution in [0, 0.1) is 5.92 Å². The Balaban J connectivity index is 1.55. The average molecular weight is 473 g/mol. The Hall–Kier alpha value is -2.95. The fraction of sp³-hybridized carbons (Fsp3) is 0.214. The minimum Gasteiger partial charge on any atom is -0.324 e. The molecule has 4 rings (SSSR count). The largest absolute Gasteiger partial charge is 0.324 e. The molecule has 1 amide bonds. The number of benzene rings is 3. The van der Waals surface area contributed by atoms with Crippen molar-refractivity contribution in [3.63, 3.8) is 0 Å². The topological polar surface area (TPSA) is 42.0 Å². The van der Waals surface area contributed by atoms with Crippen molar-refractivity contribution >= 4 is 47.4 Å². The summed E-state index contributed by atoms with van der Waals surface area (Å²) in [5, 5.41) is 6.29. The molecule has 1 unspecified atom stereocenters. The molecule has 4 aromatic rings. The Kier molecular flexibility index (Phi) is 7.26. The van der Waals surface area contributed by atoms with Crippen molar-refractivity contribution < 1.29 is 4.79 Å². The van der Waals surface area contributed by atoms with Crippen LogP contribution in [0.5, 0.6) is 0 Å². The summed E-state index contributed by atoms with van der Waals surface area (Å²) in [5.41, 5.74) is 2.75. The number of rotatable bonds is 8. The van der Waals surface area contributed by atoms with E-state index < -0.39 is 8.07 Å². The number of amides is 1. The van der Waals surface area contributed by atoms with Gasteiger partial charge < -0.3 is 5.32 Å². The number of carbonyl (C=O) groups is 1. The van der Waals surface area contributed by atoms with E-state index >= 15 is 0 Å². The number of pyridine rings is 1. The van der Waals surface area contributed by atoms with Gasteiger partial charge in [-0.05, 0) is 48.2 Å². The summed E-state index contributed by atoms with van der Waals surface area (Å²) in [6.45, 7) is 4.78. The SMILES string of the molecule is C[Si](C)(CC(CC(=O)Nc1cccc2cccnc12)Cc1cccc(Cl)c1)c1ccccc1. The maximum absolute atomic E-state index is 13.2. The van der Waals surface area contributed by atoms with Gasteiger partial charge in [0.25, 0.3) is 0 Å². The molecule has 3 nitrogen and oxygen atoms in total. The highest BCUT2D eigenvalue weighted by Gasteiger charge is 2.29. The average Bonchev–Trinajstić information content (AvgIpc) is 2.79. The van der Waals surface area contributed by atoms with E-state index in [1.807, 2.05) is 48.5 Å². The lowest BCUT2D eigenvalue weighted by atomic mass is 9.97. The maximum Gasteiger partial charge on any atom is 0.224 e. The van der Waals surface area contributed by atoms with Crippen LogP contribution in [0.25, 0.3) is 10.9 Å². The van der Waals surface area contributed by atoms with Gasteiger partial charge in [0.1, 0.15) is 0 Å². The van der Waals surface area contributed by atoms with E-state index in [0.717, 1.165) is 34.1 Å². The van der Waals surface area contributed by atoms with E-state index in [1.54, 1.807) is 6.20 Å². The standard InChI is InChI=1S/C28H29ClN2OSi/c1-33(2,25-13-4-3-5-14-25)20-22(17-21-9-6-12-24(29)18-21)19-27(32)31-26-15-7-10-23-11-8-16-30-28(23)26/h3-16,18,22H,17,19-20H2,1-2H3,(H,31,32). The second kappa shape index (κ2) is 10.3. The summed E-state index contributed by atoms with van der Waals surface area (Å²) < 4.78 is 0. The lowest BCUT2D eigenvalue weighted by Crippen LogP contribution is -2.43. The van der Waals surface area contributed by atoms with Gasteiger partial charge in [0.15, 0.2) is 0 Å². The number of nitrogens with zero attached hydrogens (tertiary/aromatic N) is 1. The van der Waals surface area contributed by atoms with Gasteiger partial charge in [-0.3, -0.25) is 9.78 Å². The number of anilines is 1. The lowest BCUT2D eigenvalue weighted by Gasteiger charge is -2.28. The first-order chi connectivity index (χ1) is 15.9. The summed E-state index contributed by atoms with van der Waals surface area (Å²) >= 11 is 6.25. The summed E-state index contributed by atoms with van der Waals surface area (Å²) in [4.78, 5) is 17.7. The molecule has 0 aliphatic carbocycles. The van der Waals surface area contributed by atoms with Gasteiger partial charge in [0.05, 0.1) is 19.3 Å². The molecule has 1 atom stereocenters. The van der Waals surface area contributed by atoms with Crippen LogP contribution in [0.15, 0.2) is 91.1 Å². The summed E-state index contributed by atoms with van der Waals surface area (Å²) in [5.74, 6) is 0.242. The van der Waals surface area contributed by atoms with Gasteiger partial charge >= 0.3 is 0 Å². The first kappa shape index (κ1) is 23.2. The second-order valence-electron chi connectivity index (χ2n) is 9.29. The molecule has 168 valence electrons. The van der Waals surface area contributed by atoms with E-state index in [9.17, 15) is 4.79 Å². The van der Waals surface area contributed by atoms with Crippen LogP contribution < -0.4 is 10.5 Å². The molecule has 33 heavy (non-hydrogen) atoms. The number of nitrogens with one attached hydrogen (secondary N) is 1. The monoisotopic (exact) mass is 472 g/mol. The van der Waals surface area contributed by atoms with Gasteiger partial charge in [-0.1, -0.05) is 90.5 Å². The van der Waals surface area contributed by atoms with Gasteiger partial charge in [-0.15, -0.1) is 0 Å². The summed E-state index contributed by atoms with van der Waals surface area (Å²) in [6.07, 6.45) is 3.04. The van der Waals surface area contributed by atoms with Gasteiger partial charge in [0, 0.05) is 23.0 Å². The number of halogens is 1. The van der Waals surface area contributed by atoms with Crippen LogP contribution in [0.2, 0.25) is 24.2 Å². The van der Waals surface area contributed by atoms with Crippen molar-refractivity contribution in [2.24, 2.45) is 5.92 Å².